The summed E-state index contributed by atoms with van der Waals surface area (Å²) in [5.41, 5.74) is 2.03. The zero-order valence-electron chi connectivity index (χ0n) is 16.9. The first-order chi connectivity index (χ1) is 14.9. The van der Waals surface area contributed by atoms with Crippen LogP contribution in [0.3, 0.4) is 0 Å². The maximum Gasteiger partial charge on any atom is 0.264 e. The smallest absolute Gasteiger partial charge is 0.264 e. The third kappa shape index (κ3) is 3.89. The van der Waals surface area contributed by atoms with E-state index in [2.05, 4.69) is 5.32 Å². The van der Waals surface area contributed by atoms with Crippen LogP contribution in [0.2, 0.25) is 0 Å². The van der Waals surface area contributed by atoms with Gasteiger partial charge in [-0.3, -0.25) is 18.8 Å². The van der Waals surface area contributed by atoms with Crippen molar-refractivity contribution in [2.24, 2.45) is 0 Å². The van der Waals surface area contributed by atoms with Crippen molar-refractivity contribution in [3.63, 3.8) is 0 Å². The molecule has 0 spiro atoms. The molecule has 3 aromatic rings. The lowest BCUT2D eigenvalue weighted by Gasteiger charge is -2.29. The van der Waals surface area contributed by atoms with Crippen LogP contribution in [0.15, 0.2) is 83.8 Å². The fraction of sp³-hybridized carbons (Fsp3) is 0.130. The number of nitrogens with one attached hydrogen (secondary N) is 1. The van der Waals surface area contributed by atoms with Gasteiger partial charge in [0.1, 0.15) is 6.54 Å². The molecule has 0 bridgehead atoms. The van der Waals surface area contributed by atoms with E-state index in [1.807, 2.05) is 6.07 Å². The lowest BCUT2D eigenvalue weighted by Crippen LogP contribution is -2.42. The van der Waals surface area contributed by atoms with Crippen LogP contribution in [0, 0.1) is 0 Å². The molecule has 31 heavy (non-hydrogen) atoms. The second-order valence-corrected chi connectivity index (χ2v) is 8.85. The van der Waals surface area contributed by atoms with Crippen molar-refractivity contribution in [2.75, 3.05) is 27.6 Å². The van der Waals surface area contributed by atoms with Crippen molar-refractivity contribution in [1.82, 2.24) is 0 Å². The lowest BCUT2D eigenvalue weighted by molar-refractivity contribution is -0.115. The Morgan fingerprint density at radius 1 is 0.968 bits per heavy atom. The van der Waals surface area contributed by atoms with E-state index >= 15 is 0 Å². The number of fused-ring (bicyclic) bond motifs is 1. The summed E-state index contributed by atoms with van der Waals surface area (Å²) in [5.74, 6) is -0.658. The van der Waals surface area contributed by atoms with E-state index in [0.717, 1.165) is 0 Å². The van der Waals surface area contributed by atoms with E-state index < -0.39 is 10.0 Å². The summed E-state index contributed by atoms with van der Waals surface area (Å²) in [6.07, 6.45) is 0. The molecule has 1 aliphatic heterocycles. The highest BCUT2D eigenvalue weighted by atomic mass is 32.2. The molecule has 0 fully saturated rings. The third-order valence-electron chi connectivity index (χ3n) is 5.04. The molecule has 0 radical (unpaired) electrons. The van der Waals surface area contributed by atoms with Crippen LogP contribution in [-0.2, 0) is 14.8 Å². The summed E-state index contributed by atoms with van der Waals surface area (Å²) in [5, 5.41) is 2.74. The predicted octanol–water partition coefficient (Wildman–Crippen LogP) is 3.50. The zero-order chi connectivity index (χ0) is 22.0. The number of carbonyl (C=O) groups is 2. The van der Waals surface area contributed by atoms with E-state index in [1.54, 1.807) is 55.5 Å². The fourth-order valence-electron chi connectivity index (χ4n) is 3.55. The van der Waals surface area contributed by atoms with Crippen molar-refractivity contribution < 1.29 is 18.0 Å². The SMILES string of the molecule is CCN(c1ccccc1)S(=O)(=O)c1ccc(C(=O)N2CC(=O)Nc3ccccc32)cc1. The molecular weight excluding hydrogens is 414 g/mol. The van der Waals surface area contributed by atoms with Gasteiger partial charge in [-0.25, -0.2) is 8.42 Å². The predicted molar refractivity (Wildman–Crippen MR) is 120 cm³/mol. The third-order valence-corrected chi connectivity index (χ3v) is 6.95. The summed E-state index contributed by atoms with van der Waals surface area (Å²) in [7, 11) is -3.78. The second kappa shape index (κ2) is 8.23. The molecule has 2 amide bonds. The maximum atomic E-state index is 13.1. The van der Waals surface area contributed by atoms with E-state index in [9.17, 15) is 18.0 Å². The van der Waals surface area contributed by atoms with Gasteiger partial charge >= 0.3 is 0 Å². The molecule has 158 valence electrons. The van der Waals surface area contributed by atoms with E-state index in [1.165, 1.54) is 33.5 Å². The molecular formula is C23H21N3O4S. The molecule has 8 heteroatoms. The van der Waals surface area contributed by atoms with Crippen molar-refractivity contribution in [1.29, 1.82) is 0 Å². The number of nitrogens with zero attached hydrogens (tertiary/aromatic N) is 2. The summed E-state index contributed by atoms with van der Waals surface area (Å²) < 4.78 is 27.6. The number of carbonyl (C=O) groups excluding carboxylic acids is 2. The van der Waals surface area contributed by atoms with Crippen LogP contribution >= 0.6 is 0 Å². The Labute approximate surface area is 181 Å². The van der Waals surface area contributed by atoms with E-state index in [0.29, 0.717) is 22.6 Å². The summed E-state index contributed by atoms with van der Waals surface area (Å²) in [6.45, 7) is 1.93. The minimum atomic E-state index is -3.78. The minimum absolute atomic E-state index is 0.0894. The molecule has 3 aromatic carbocycles. The number of hydrogen-bond donors (Lipinski definition) is 1. The largest absolute Gasteiger partial charge is 0.323 e. The molecule has 1 heterocycles. The number of sulfonamides is 1. The molecule has 1 aliphatic rings. The van der Waals surface area contributed by atoms with Crippen molar-refractivity contribution in [3.8, 4) is 0 Å². The van der Waals surface area contributed by atoms with Crippen LogP contribution < -0.4 is 14.5 Å². The highest BCUT2D eigenvalue weighted by molar-refractivity contribution is 7.92. The van der Waals surface area contributed by atoms with Gasteiger partial charge in [-0.2, -0.15) is 0 Å². The Balaban J connectivity index is 1.63. The molecule has 4 rings (SSSR count). The van der Waals surface area contributed by atoms with Gasteiger partial charge in [-0.15, -0.1) is 0 Å². The standard InChI is InChI=1S/C23H21N3O4S/c1-2-26(18-8-4-3-5-9-18)31(29,30)19-14-12-17(13-15-19)23(28)25-16-22(27)24-20-10-6-7-11-21(20)25/h3-15H,2,16H2,1H3,(H,24,27). The molecule has 7 nitrogen and oxygen atoms in total. The zero-order valence-corrected chi connectivity index (χ0v) is 17.7. The van der Waals surface area contributed by atoms with Crippen LogP contribution in [0.5, 0.6) is 0 Å². The van der Waals surface area contributed by atoms with Gasteiger partial charge in [0.15, 0.2) is 0 Å². The first kappa shape index (κ1) is 20.6. The molecule has 0 saturated carbocycles. The summed E-state index contributed by atoms with van der Waals surface area (Å²) in [4.78, 5) is 26.6. The Kier molecular flexibility index (Phi) is 5.48. The fourth-order valence-corrected chi connectivity index (χ4v) is 5.03. The quantitative estimate of drug-likeness (QED) is 0.665. The molecule has 0 atom stereocenters. The summed E-state index contributed by atoms with van der Waals surface area (Å²) >= 11 is 0. The Morgan fingerprint density at radius 2 is 1.61 bits per heavy atom. The van der Waals surface area contributed by atoms with Crippen molar-refractivity contribution in [2.45, 2.75) is 11.8 Å². The highest BCUT2D eigenvalue weighted by Crippen LogP contribution is 2.30. The van der Waals surface area contributed by atoms with Gasteiger partial charge in [0.25, 0.3) is 15.9 Å². The van der Waals surface area contributed by atoms with Gasteiger partial charge in [-0.05, 0) is 55.5 Å². The number of para-hydroxylation sites is 3. The molecule has 0 aliphatic carbocycles. The topological polar surface area (TPSA) is 86.8 Å². The Morgan fingerprint density at radius 3 is 2.29 bits per heavy atom. The van der Waals surface area contributed by atoms with Crippen LogP contribution in [0.25, 0.3) is 0 Å². The van der Waals surface area contributed by atoms with Crippen LogP contribution in [0.1, 0.15) is 17.3 Å². The minimum Gasteiger partial charge on any atom is -0.323 e. The average Bonchev–Trinajstić information content (AvgIpc) is 2.79. The monoisotopic (exact) mass is 435 g/mol. The normalized spacial score (nSPS) is 13.3. The Bertz CT molecular complexity index is 1230. The number of amides is 2. The number of benzene rings is 3. The van der Waals surface area contributed by atoms with Gasteiger partial charge in [-0.1, -0.05) is 30.3 Å². The summed E-state index contributed by atoms with van der Waals surface area (Å²) in [6, 6.07) is 21.7. The molecule has 1 N–H and O–H groups in total. The first-order valence-corrected chi connectivity index (χ1v) is 11.2. The van der Waals surface area contributed by atoms with Gasteiger partial charge in [0.05, 0.1) is 22.0 Å². The molecule has 0 saturated heterocycles. The highest BCUT2D eigenvalue weighted by Gasteiger charge is 2.28. The molecule has 0 aromatic heterocycles. The lowest BCUT2D eigenvalue weighted by atomic mass is 10.1. The van der Waals surface area contributed by atoms with Gasteiger partial charge in [0.2, 0.25) is 5.91 Å². The van der Waals surface area contributed by atoms with Gasteiger partial charge in [0, 0.05) is 12.1 Å². The van der Waals surface area contributed by atoms with Crippen molar-refractivity contribution in [3.05, 3.63) is 84.4 Å². The van der Waals surface area contributed by atoms with Crippen LogP contribution in [-0.4, -0.2) is 33.3 Å². The average molecular weight is 436 g/mol. The number of anilines is 3. The first-order valence-electron chi connectivity index (χ1n) is 9.80. The van der Waals surface area contributed by atoms with Crippen LogP contribution in [0.4, 0.5) is 17.1 Å². The molecule has 0 unspecified atom stereocenters. The maximum absolute atomic E-state index is 13.1. The van der Waals surface area contributed by atoms with Gasteiger partial charge < -0.3 is 5.32 Å². The second-order valence-electron chi connectivity index (χ2n) is 6.99. The van der Waals surface area contributed by atoms with E-state index in [-0.39, 0.29) is 29.8 Å². The number of rotatable bonds is 5. The van der Waals surface area contributed by atoms with E-state index in [4.69, 9.17) is 0 Å². The van der Waals surface area contributed by atoms with Crippen molar-refractivity contribution >= 4 is 38.9 Å². The number of hydrogen-bond acceptors (Lipinski definition) is 4. The Hall–Kier alpha value is -3.65.